The van der Waals surface area contributed by atoms with Crippen LogP contribution in [0.4, 0.5) is 0 Å². The minimum Gasteiger partial charge on any atom is -0.388 e. The van der Waals surface area contributed by atoms with Crippen molar-refractivity contribution in [3.8, 4) is 0 Å². The lowest BCUT2D eigenvalue weighted by molar-refractivity contribution is 0.0295. The molecule has 0 amide bonds. The van der Waals surface area contributed by atoms with E-state index < -0.39 is 5.60 Å². The molecule has 0 aliphatic carbocycles. The molecule has 2 nitrogen and oxygen atoms in total. The Morgan fingerprint density at radius 1 is 1.42 bits per heavy atom. The minimum atomic E-state index is -0.392. The Morgan fingerprint density at radius 3 is 2.50 bits per heavy atom. The van der Waals surface area contributed by atoms with Crippen LogP contribution < -0.4 is 0 Å². The van der Waals surface area contributed by atoms with Crippen molar-refractivity contribution in [2.24, 2.45) is 0 Å². The smallest absolute Gasteiger partial charge is 0.0871 e. The fourth-order valence-corrected chi connectivity index (χ4v) is 2.87. The molecule has 0 bridgehead atoms. The summed E-state index contributed by atoms with van der Waals surface area (Å²) in [6, 6.07) is 0. The highest BCUT2D eigenvalue weighted by molar-refractivity contribution is 7.99. The van der Waals surface area contributed by atoms with Crippen LogP contribution in [0, 0.1) is 0 Å². The first-order chi connectivity index (χ1) is 5.70. The predicted octanol–water partition coefficient (Wildman–Crippen LogP) is 1.20. The monoisotopic (exact) mass is 189 g/mol. The summed E-state index contributed by atoms with van der Waals surface area (Å²) in [7, 11) is 0. The van der Waals surface area contributed by atoms with E-state index in [0.717, 1.165) is 37.6 Å². The molecule has 1 rings (SSSR count). The zero-order valence-electron chi connectivity index (χ0n) is 8.05. The first kappa shape index (κ1) is 10.4. The van der Waals surface area contributed by atoms with Crippen molar-refractivity contribution in [2.75, 3.05) is 31.1 Å². The second kappa shape index (κ2) is 4.49. The zero-order chi connectivity index (χ0) is 9.03. The van der Waals surface area contributed by atoms with Gasteiger partial charge >= 0.3 is 0 Å². The molecule has 0 aromatic heterocycles. The molecular formula is C9H19NOS. The maximum Gasteiger partial charge on any atom is 0.0871 e. The van der Waals surface area contributed by atoms with Crippen LogP contribution in [0.1, 0.15) is 20.3 Å². The maximum absolute atomic E-state index is 10.1. The van der Waals surface area contributed by atoms with Gasteiger partial charge in [-0.15, -0.1) is 0 Å². The standard InChI is InChI=1S/C9H19NOS/c1-3-10(4-2)7-9(11)5-6-12-8-9/h11H,3-8H2,1-2H3. The molecule has 1 unspecified atom stereocenters. The second-order valence-corrected chi connectivity index (χ2v) is 4.59. The number of hydrogen-bond acceptors (Lipinski definition) is 3. The Balaban J connectivity index is 2.36. The molecule has 1 fully saturated rings. The van der Waals surface area contributed by atoms with Crippen LogP contribution in [0.2, 0.25) is 0 Å². The van der Waals surface area contributed by atoms with Gasteiger partial charge in [0.1, 0.15) is 0 Å². The molecule has 1 N–H and O–H groups in total. The molecule has 0 aromatic rings. The normalized spacial score (nSPS) is 30.0. The summed E-state index contributed by atoms with van der Waals surface area (Å²) in [5.74, 6) is 2.04. The summed E-state index contributed by atoms with van der Waals surface area (Å²) in [5, 5.41) is 10.1. The summed E-state index contributed by atoms with van der Waals surface area (Å²) < 4.78 is 0. The van der Waals surface area contributed by atoms with Gasteiger partial charge in [0.15, 0.2) is 0 Å². The average Bonchev–Trinajstić information content (AvgIpc) is 2.48. The Bertz CT molecular complexity index is 130. The van der Waals surface area contributed by atoms with Gasteiger partial charge in [0, 0.05) is 12.3 Å². The highest BCUT2D eigenvalue weighted by Gasteiger charge is 2.32. The number of aliphatic hydroxyl groups is 1. The van der Waals surface area contributed by atoms with E-state index in [1.807, 2.05) is 11.8 Å². The maximum atomic E-state index is 10.1. The molecule has 1 aliphatic rings. The largest absolute Gasteiger partial charge is 0.388 e. The number of thioether (sulfide) groups is 1. The lowest BCUT2D eigenvalue weighted by Crippen LogP contribution is -2.43. The van der Waals surface area contributed by atoms with E-state index in [9.17, 15) is 5.11 Å². The Kier molecular flexibility index (Phi) is 3.87. The van der Waals surface area contributed by atoms with Gasteiger partial charge in [-0.3, -0.25) is 0 Å². The third-order valence-corrected chi connectivity index (χ3v) is 3.73. The van der Waals surface area contributed by atoms with Crippen molar-refractivity contribution in [1.29, 1.82) is 0 Å². The van der Waals surface area contributed by atoms with Crippen molar-refractivity contribution in [2.45, 2.75) is 25.9 Å². The zero-order valence-corrected chi connectivity index (χ0v) is 8.86. The quantitative estimate of drug-likeness (QED) is 0.719. The van der Waals surface area contributed by atoms with Gasteiger partial charge in [-0.25, -0.2) is 0 Å². The fraction of sp³-hybridized carbons (Fsp3) is 1.00. The summed E-state index contributed by atoms with van der Waals surface area (Å²) >= 11 is 1.87. The van der Waals surface area contributed by atoms with Gasteiger partial charge in [0.05, 0.1) is 5.60 Å². The van der Waals surface area contributed by atoms with Crippen molar-refractivity contribution in [3.63, 3.8) is 0 Å². The molecule has 12 heavy (non-hydrogen) atoms. The minimum absolute atomic E-state index is 0.392. The molecule has 3 heteroatoms. The average molecular weight is 189 g/mol. The first-order valence-electron chi connectivity index (χ1n) is 4.72. The van der Waals surface area contributed by atoms with E-state index in [-0.39, 0.29) is 0 Å². The van der Waals surface area contributed by atoms with Gasteiger partial charge in [0.25, 0.3) is 0 Å². The number of nitrogens with zero attached hydrogens (tertiary/aromatic N) is 1. The van der Waals surface area contributed by atoms with Crippen LogP contribution in [0.5, 0.6) is 0 Å². The molecule has 0 saturated carbocycles. The van der Waals surface area contributed by atoms with E-state index in [1.165, 1.54) is 0 Å². The third kappa shape index (κ3) is 2.64. The second-order valence-electron chi connectivity index (χ2n) is 3.49. The van der Waals surface area contributed by atoms with Gasteiger partial charge in [0.2, 0.25) is 0 Å². The predicted molar refractivity (Wildman–Crippen MR) is 54.7 cm³/mol. The van der Waals surface area contributed by atoms with Crippen molar-refractivity contribution < 1.29 is 5.11 Å². The molecule has 1 saturated heterocycles. The summed E-state index contributed by atoms with van der Waals surface area (Å²) in [6.45, 7) is 7.24. The van der Waals surface area contributed by atoms with Crippen LogP contribution in [-0.2, 0) is 0 Å². The van der Waals surface area contributed by atoms with Crippen molar-refractivity contribution in [1.82, 2.24) is 4.90 Å². The van der Waals surface area contributed by atoms with Crippen LogP contribution >= 0.6 is 11.8 Å². The number of likely N-dealkylation sites (N-methyl/N-ethyl adjacent to an activating group) is 1. The summed E-state index contributed by atoms with van der Waals surface area (Å²) in [4.78, 5) is 2.30. The topological polar surface area (TPSA) is 23.5 Å². The van der Waals surface area contributed by atoms with E-state index in [2.05, 4.69) is 18.7 Å². The molecule has 1 atom stereocenters. The van der Waals surface area contributed by atoms with Gasteiger partial charge in [-0.2, -0.15) is 11.8 Å². The SMILES string of the molecule is CCN(CC)CC1(O)CCSC1. The Morgan fingerprint density at radius 2 is 2.08 bits per heavy atom. The van der Waals surface area contributed by atoms with Crippen LogP contribution in [0.3, 0.4) is 0 Å². The fourth-order valence-electron chi connectivity index (χ4n) is 1.58. The number of rotatable bonds is 4. The van der Waals surface area contributed by atoms with Gasteiger partial charge < -0.3 is 10.0 Å². The van der Waals surface area contributed by atoms with E-state index in [4.69, 9.17) is 0 Å². The first-order valence-corrected chi connectivity index (χ1v) is 5.88. The van der Waals surface area contributed by atoms with E-state index in [1.54, 1.807) is 0 Å². The van der Waals surface area contributed by atoms with Crippen molar-refractivity contribution >= 4 is 11.8 Å². The lowest BCUT2D eigenvalue weighted by Gasteiger charge is -2.28. The molecule has 0 aromatic carbocycles. The molecule has 1 heterocycles. The molecule has 72 valence electrons. The molecule has 1 aliphatic heterocycles. The third-order valence-electron chi connectivity index (χ3n) is 2.49. The van der Waals surface area contributed by atoms with Crippen LogP contribution in [0.25, 0.3) is 0 Å². The summed E-state index contributed by atoms with van der Waals surface area (Å²) in [5.41, 5.74) is -0.392. The van der Waals surface area contributed by atoms with Crippen LogP contribution in [-0.4, -0.2) is 46.7 Å². The van der Waals surface area contributed by atoms with Crippen LogP contribution in [0.15, 0.2) is 0 Å². The highest BCUT2D eigenvalue weighted by atomic mass is 32.2. The van der Waals surface area contributed by atoms with E-state index in [0.29, 0.717) is 0 Å². The molecule has 0 spiro atoms. The highest BCUT2D eigenvalue weighted by Crippen LogP contribution is 2.28. The van der Waals surface area contributed by atoms with E-state index >= 15 is 0 Å². The molecule has 0 radical (unpaired) electrons. The lowest BCUT2D eigenvalue weighted by atomic mass is 10.0. The number of hydrogen-bond donors (Lipinski definition) is 1. The Hall–Kier alpha value is 0.270. The van der Waals surface area contributed by atoms with Gasteiger partial charge in [-0.05, 0) is 25.3 Å². The Labute approximate surface area is 79.3 Å². The van der Waals surface area contributed by atoms with Crippen molar-refractivity contribution in [3.05, 3.63) is 0 Å². The molecular weight excluding hydrogens is 170 g/mol. The summed E-state index contributed by atoms with van der Waals surface area (Å²) in [6.07, 6.45) is 0.966. The van der Waals surface area contributed by atoms with Gasteiger partial charge in [-0.1, -0.05) is 13.8 Å².